The first-order valence-corrected chi connectivity index (χ1v) is 7.18. The highest BCUT2D eigenvalue weighted by Crippen LogP contribution is 2.25. The maximum atomic E-state index is 4.88. The Morgan fingerprint density at radius 3 is 2.30 bits per heavy atom. The van der Waals surface area contributed by atoms with Crippen molar-refractivity contribution in [3.05, 3.63) is 77.9 Å². The van der Waals surface area contributed by atoms with Gasteiger partial charge in [0.1, 0.15) is 0 Å². The molecule has 0 fully saturated rings. The van der Waals surface area contributed by atoms with E-state index in [1.807, 2.05) is 6.07 Å². The highest BCUT2D eigenvalue weighted by atomic mass is 14.8. The van der Waals surface area contributed by atoms with E-state index in [0.717, 1.165) is 6.42 Å². The third-order valence-electron chi connectivity index (χ3n) is 3.80. The van der Waals surface area contributed by atoms with Crippen LogP contribution in [-0.2, 0) is 0 Å². The van der Waals surface area contributed by atoms with Crippen molar-refractivity contribution in [2.45, 2.75) is 19.4 Å². The molecule has 0 radical (unpaired) electrons. The summed E-state index contributed by atoms with van der Waals surface area (Å²) in [6.07, 6.45) is 5.47. The zero-order chi connectivity index (χ0) is 13.8. The molecule has 2 aromatic carbocycles. The van der Waals surface area contributed by atoms with E-state index in [4.69, 9.17) is 4.99 Å². The molecule has 0 aliphatic carbocycles. The van der Waals surface area contributed by atoms with Gasteiger partial charge in [0.25, 0.3) is 0 Å². The molecule has 2 atom stereocenters. The Hall–Kier alpha value is -2.15. The van der Waals surface area contributed by atoms with E-state index < -0.39 is 0 Å². The third-order valence-corrected chi connectivity index (χ3v) is 3.80. The third kappa shape index (κ3) is 2.88. The Morgan fingerprint density at radius 1 is 0.950 bits per heavy atom. The summed E-state index contributed by atoms with van der Waals surface area (Å²) < 4.78 is 0. The summed E-state index contributed by atoms with van der Waals surface area (Å²) >= 11 is 0. The lowest BCUT2D eigenvalue weighted by Gasteiger charge is -2.07. The van der Waals surface area contributed by atoms with Gasteiger partial charge in [0.2, 0.25) is 0 Å². The summed E-state index contributed by atoms with van der Waals surface area (Å²) in [4.78, 5) is 4.88. The number of hydrogen-bond donors (Lipinski definition) is 0. The summed E-state index contributed by atoms with van der Waals surface area (Å²) in [5.74, 6) is 0.574. The highest BCUT2D eigenvalue weighted by Gasteiger charge is 2.23. The molecule has 1 aliphatic heterocycles. The maximum Gasteiger partial charge on any atom is 0.0715 e. The minimum Gasteiger partial charge on any atom is -0.281 e. The van der Waals surface area contributed by atoms with E-state index in [1.165, 1.54) is 16.8 Å². The molecule has 2 aromatic rings. The first-order valence-electron chi connectivity index (χ1n) is 7.18. The van der Waals surface area contributed by atoms with Crippen LogP contribution < -0.4 is 0 Å². The van der Waals surface area contributed by atoms with Gasteiger partial charge in [-0.05, 0) is 23.5 Å². The van der Waals surface area contributed by atoms with Crippen molar-refractivity contribution >= 4 is 11.8 Å². The lowest BCUT2D eigenvalue weighted by molar-refractivity contribution is 0.580. The topological polar surface area (TPSA) is 12.4 Å². The van der Waals surface area contributed by atoms with Crippen LogP contribution in [0.4, 0.5) is 0 Å². The minimum absolute atomic E-state index is 0.297. The molecule has 0 saturated heterocycles. The molecule has 0 unspecified atom stereocenters. The molecule has 0 aromatic heterocycles. The fraction of sp³-hybridized carbons (Fsp3) is 0.211. The number of aliphatic imine (C=N–C) groups is 1. The average Bonchev–Trinajstić information content (AvgIpc) is 2.88. The molecular weight excluding hydrogens is 242 g/mol. The molecule has 0 saturated carbocycles. The van der Waals surface area contributed by atoms with Crippen LogP contribution in [0.15, 0.2) is 71.7 Å². The van der Waals surface area contributed by atoms with Gasteiger partial charge in [-0.2, -0.15) is 0 Å². The lowest BCUT2D eigenvalue weighted by Crippen LogP contribution is -2.06. The fourth-order valence-corrected chi connectivity index (χ4v) is 2.62. The normalized spacial score (nSPS) is 22.1. The van der Waals surface area contributed by atoms with Crippen molar-refractivity contribution in [2.24, 2.45) is 10.9 Å². The van der Waals surface area contributed by atoms with Crippen LogP contribution in [0.1, 0.15) is 24.5 Å². The zero-order valence-electron chi connectivity index (χ0n) is 11.7. The van der Waals surface area contributed by atoms with Gasteiger partial charge in [0, 0.05) is 5.71 Å². The molecule has 0 N–H and O–H groups in total. The lowest BCUT2D eigenvalue weighted by atomic mass is 9.97. The summed E-state index contributed by atoms with van der Waals surface area (Å²) in [7, 11) is 0. The Kier molecular flexibility index (Phi) is 3.78. The standard InChI is InChI=1S/C19H19N/c1-15-14-19(17-10-6-3-7-11-17)20-18(15)13-12-16-8-4-2-5-9-16/h2-13,15,18H,14H2,1H3/b13-12+/t15-,18+/m0/s1. The number of benzene rings is 2. The quantitative estimate of drug-likeness (QED) is 0.766. The van der Waals surface area contributed by atoms with Gasteiger partial charge in [-0.3, -0.25) is 4.99 Å². The molecule has 0 amide bonds. The summed E-state index contributed by atoms with van der Waals surface area (Å²) in [6.45, 7) is 2.28. The molecule has 100 valence electrons. The summed E-state index contributed by atoms with van der Waals surface area (Å²) in [5.41, 5.74) is 3.74. The predicted octanol–water partition coefficient (Wildman–Crippen LogP) is 4.60. The molecule has 1 nitrogen and oxygen atoms in total. The van der Waals surface area contributed by atoms with Gasteiger partial charge >= 0.3 is 0 Å². The molecule has 1 heterocycles. The first kappa shape index (κ1) is 12.9. The van der Waals surface area contributed by atoms with E-state index in [-0.39, 0.29) is 0 Å². The minimum atomic E-state index is 0.297. The van der Waals surface area contributed by atoms with Crippen LogP contribution in [0.25, 0.3) is 6.08 Å². The van der Waals surface area contributed by atoms with Crippen molar-refractivity contribution in [2.75, 3.05) is 0 Å². The van der Waals surface area contributed by atoms with E-state index in [2.05, 4.69) is 73.7 Å². The number of hydrogen-bond acceptors (Lipinski definition) is 1. The van der Waals surface area contributed by atoms with Crippen molar-refractivity contribution in [1.82, 2.24) is 0 Å². The van der Waals surface area contributed by atoms with Crippen LogP contribution in [0.3, 0.4) is 0 Å². The van der Waals surface area contributed by atoms with Crippen molar-refractivity contribution in [3.8, 4) is 0 Å². The van der Waals surface area contributed by atoms with Crippen molar-refractivity contribution in [1.29, 1.82) is 0 Å². The maximum absolute atomic E-state index is 4.88. The smallest absolute Gasteiger partial charge is 0.0715 e. The number of rotatable bonds is 3. The van der Waals surface area contributed by atoms with Crippen molar-refractivity contribution < 1.29 is 0 Å². The van der Waals surface area contributed by atoms with Gasteiger partial charge in [0.05, 0.1) is 6.04 Å². The molecule has 0 bridgehead atoms. The van der Waals surface area contributed by atoms with Crippen LogP contribution in [-0.4, -0.2) is 11.8 Å². The van der Waals surface area contributed by atoms with Crippen LogP contribution in [0.5, 0.6) is 0 Å². The van der Waals surface area contributed by atoms with E-state index >= 15 is 0 Å². The Balaban J connectivity index is 1.78. The first-order chi connectivity index (χ1) is 9.83. The van der Waals surface area contributed by atoms with E-state index in [9.17, 15) is 0 Å². The number of nitrogens with zero attached hydrogens (tertiary/aromatic N) is 1. The monoisotopic (exact) mass is 261 g/mol. The molecule has 0 spiro atoms. The van der Waals surface area contributed by atoms with E-state index in [1.54, 1.807) is 0 Å². The molecule has 1 heteroatoms. The molecule has 1 aliphatic rings. The second kappa shape index (κ2) is 5.87. The SMILES string of the molecule is C[C@H]1CC(c2ccccc2)=N[C@@H]1/C=C/c1ccccc1. The fourth-order valence-electron chi connectivity index (χ4n) is 2.62. The summed E-state index contributed by atoms with van der Waals surface area (Å²) in [5, 5.41) is 0. The van der Waals surface area contributed by atoms with Crippen molar-refractivity contribution in [3.63, 3.8) is 0 Å². The van der Waals surface area contributed by atoms with Gasteiger partial charge in [0.15, 0.2) is 0 Å². The van der Waals surface area contributed by atoms with Crippen LogP contribution in [0, 0.1) is 5.92 Å². The highest BCUT2D eigenvalue weighted by molar-refractivity contribution is 6.02. The van der Waals surface area contributed by atoms with E-state index in [0.29, 0.717) is 12.0 Å². The molecular formula is C19H19N. The Bertz CT molecular complexity index is 611. The second-order valence-corrected chi connectivity index (χ2v) is 5.38. The Labute approximate surface area is 120 Å². The summed E-state index contributed by atoms with van der Waals surface area (Å²) in [6, 6.07) is 21.2. The average molecular weight is 261 g/mol. The zero-order valence-corrected chi connectivity index (χ0v) is 11.7. The second-order valence-electron chi connectivity index (χ2n) is 5.38. The molecule has 3 rings (SSSR count). The van der Waals surface area contributed by atoms with Gasteiger partial charge < -0.3 is 0 Å². The van der Waals surface area contributed by atoms with Crippen LogP contribution in [0.2, 0.25) is 0 Å². The molecule has 20 heavy (non-hydrogen) atoms. The van der Waals surface area contributed by atoms with Crippen LogP contribution >= 0.6 is 0 Å². The largest absolute Gasteiger partial charge is 0.281 e. The van der Waals surface area contributed by atoms with Gasteiger partial charge in [-0.25, -0.2) is 0 Å². The van der Waals surface area contributed by atoms with Gasteiger partial charge in [-0.1, -0.05) is 79.7 Å². The van der Waals surface area contributed by atoms with Gasteiger partial charge in [-0.15, -0.1) is 0 Å². The Morgan fingerprint density at radius 2 is 1.60 bits per heavy atom. The predicted molar refractivity (Wildman–Crippen MR) is 86.0 cm³/mol.